The first-order chi connectivity index (χ1) is 12.2. The summed E-state index contributed by atoms with van der Waals surface area (Å²) in [5, 5.41) is 6.94. The molecule has 0 bridgehead atoms. The molecule has 0 unspecified atom stereocenters. The summed E-state index contributed by atoms with van der Waals surface area (Å²) in [7, 11) is 1.59. The lowest BCUT2D eigenvalue weighted by molar-refractivity contribution is 0.0445. The average Bonchev–Trinajstić information content (AvgIpc) is 2.66. The van der Waals surface area contributed by atoms with Gasteiger partial charge in [-0.15, -0.1) is 0 Å². The number of aromatic nitrogens is 2. The molecule has 0 saturated heterocycles. The van der Waals surface area contributed by atoms with E-state index in [9.17, 15) is 9.59 Å². The van der Waals surface area contributed by atoms with Crippen LogP contribution in [-0.2, 0) is 4.74 Å². The Bertz CT molecular complexity index is 934. The lowest BCUT2D eigenvalue weighted by atomic mass is 10.1. The smallest absolute Gasteiger partial charge is 0.359 e. The summed E-state index contributed by atoms with van der Waals surface area (Å²) < 4.78 is 15.7. The van der Waals surface area contributed by atoms with E-state index in [2.05, 4.69) is 10.2 Å². The Morgan fingerprint density at radius 1 is 1.00 bits per heavy atom. The van der Waals surface area contributed by atoms with Gasteiger partial charge in [-0.1, -0.05) is 18.2 Å². The highest BCUT2D eigenvalue weighted by Crippen LogP contribution is 2.17. The van der Waals surface area contributed by atoms with Crippen LogP contribution in [0.15, 0.2) is 53.3 Å². The number of rotatable bonds is 6. The van der Waals surface area contributed by atoms with Crippen molar-refractivity contribution in [2.24, 2.45) is 0 Å². The Balaban J connectivity index is 1.59. The molecule has 7 heteroatoms. The molecule has 25 heavy (non-hydrogen) atoms. The molecule has 3 aromatic rings. The van der Waals surface area contributed by atoms with Crippen LogP contribution in [0.3, 0.4) is 0 Å². The Hall–Kier alpha value is -3.35. The first kappa shape index (κ1) is 16.5. The first-order valence-corrected chi connectivity index (χ1v) is 7.60. The van der Waals surface area contributed by atoms with Crippen molar-refractivity contribution < 1.29 is 19.0 Å². The normalized spacial score (nSPS) is 10.4. The minimum Gasteiger partial charge on any atom is -0.497 e. The van der Waals surface area contributed by atoms with Crippen LogP contribution >= 0.6 is 0 Å². The number of nitrogens with zero attached hydrogens (tertiary/aromatic N) is 1. The number of hydrogen-bond donors (Lipinski definition) is 1. The largest absolute Gasteiger partial charge is 0.497 e. The topological polar surface area (TPSA) is 90.5 Å². The number of aromatic amines is 1. The predicted octanol–water partition coefficient (Wildman–Crippen LogP) is 2.17. The van der Waals surface area contributed by atoms with Gasteiger partial charge in [-0.2, -0.15) is 5.10 Å². The highest BCUT2D eigenvalue weighted by atomic mass is 16.6. The zero-order valence-corrected chi connectivity index (χ0v) is 13.5. The Morgan fingerprint density at radius 3 is 2.40 bits per heavy atom. The van der Waals surface area contributed by atoms with E-state index in [1.165, 1.54) is 0 Å². The van der Waals surface area contributed by atoms with Gasteiger partial charge in [-0.25, -0.2) is 9.89 Å². The number of hydrogen-bond acceptors (Lipinski definition) is 6. The van der Waals surface area contributed by atoms with Crippen molar-refractivity contribution in [1.29, 1.82) is 0 Å². The lowest BCUT2D eigenvalue weighted by Gasteiger charge is -2.08. The molecule has 1 N–H and O–H groups in total. The van der Waals surface area contributed by atoms with Gasteiger partial charge in [-0.05, 0) is 30.3 Å². The van der Waals surface area contributed by atoms with Gasteiger partial charge in [0.2, 0.25) is 0 Å². The highest BCUT2D eigenvalue weighted by molar-refractivity contribution is 6.01. The van der Waals surface area contributed by atoms with E-state index in [-0.39, 0.29) is 24.5 Å². The van der Waals surface area contributed by atoms with E-state index < -0.39 is 5.97 Å². The minimum atomic E-state index is -0.620. The van der Waals surface area contributed by atoms with Crippen molar-refractivity contribution in [3.63, 3.8) is 0 Å². The quantitative estimate of drug-likeness (QED) is 0.546. The number of methoxy groups -OCH3 is 1. The van der Waals surface area contributed by atoms with E-state index in [0.717, 1.165) is 5.75 Å². The molecule has 0 radical (unpaired) electrons. The molecule has 0 saturated carbocycles. The van der Waals surface area contributed by atoms with Crippen LogP contribution in [0.2, 0.25) is 0 Å². The summed E-state index contributed by atoms with van der Waals surface area (Å²) in [4.78, 5) is 23.9. The zero-order valence-electron chi connectivity index (χ0n) is 13.5. The van der Waals surface area contributed by atoms with Gasteiger partial charge in [0.05, 0.1) is 12.5 Å². The van der Waals surface area contributed by atoms with Gasteiger partial charge < -0.3 is 14.2 Å². The van der Waals surface area contributed by atoms with Crippen LogP contribution in [0.25, 0.3) is 10.8 Å². The molecule has 3 rings (SSSR count). The second-order valence-corrected chi connectivity index (χ2v) is 5.11. The summed E-state index contributed by atoms with van der Waals surface area (Å²) in [6.07, 6.45) is 0. The number of ether oxygens (including phenoxy) is 3. The fraction of sp³-hybridized carbons (Fsp3) is 0.167. The van der Waals surface area contributed by atoms with E-state index >= 15 is 0 Å². The van der Waals surface area contributed by atoms with Gasteiger partial charge in [0, 0.05) is 5.39 Å². The Labute approximate surface area is 143 Å². The van der Waals surface area contributed by atoms with E-state index in [1.807, 2.05) is 0 Å². The van der Waals surface area contributed by atoms with Crippen molar-refractivity contribution in [1.82, 2.24) is 10.2 Å². The van der Waals surface area contributed by atoms with Crippen LogP contribution < -0.4 is 15.0 Å². The van der Waals surface area contributed by atoms with Crippen molar-refractivity contribution in [3.05, 3.63) is 64.6 Å². The second kappa shape index (κ2) is 7.48. The number of benzene rings is 2. The fourth-order valence-corrected chi connectivity index (χ4v) is 2.30. The molecule has 0 aliphatic rings. The molecule has 0 spiro atoms. The summed E-state index contributed by atoms with van der Waals surface area (Å²) in [5.74, 6) is 0.755. The first-order valence-electron chi connectivity index (χ1n) is 7.60. The Kier molecular flexibility index (Phi) is 4.94. The maximum absolute atomic E-state index is 12.2. The summed E-state index contributed by atoms with van der Waals surface area (Å²) >= 11 is 0. The van der Waals surface area contributed by atoms with Crippen molar-refractivity contribution >= 4 is 16.7 Å². The van der Waals surface area contributed by atoms with E-state index in [0.29, 0.717) is 16.5 Å². The molecule has 0 aliphatic heterocycles. The molecule has 0 atom stereocenters. The predicted molar refractivity (Wildman–Crippen MR) is 91.1 cm³/mol. The zero-order chi connectivity index (χ0) is 17.6. The van der Waals surface area contributed by atoms with Gasteiger partial charge in [0.25, 0.3) is 5.56 Å². The van der Waals surface area contributed by atoms with Crippen molar-refractivity contribution in [3.8, 4) is 11.5 Å². The average molecular weight is 340 g/mol. The standard InChI is InChI=1S/C18H16N2O5/c1-23-12-6-8-13(9-7-12)24-10-11-25-18(22)16-14-4-2-3-5-15(14)17(21)20-19-16/h2-9H,10-11H2,1H3,(H,20,21). The molecule has 1 aromatic heterocycles. The molecular weight excluding hydrogens is 324 g/mol. The third-order valence-corrected chi connectivity index (χ3v) is 3.53. The molecule has 0 amide bonds. The number of nitrogens with one attached hydrogen (secondary N) is 1. The maximum Gasteiger partial charge on any atom is 0.359 e. The number of H-pyrrole nitrogens is 1. The maximum atomic E-state index is 12.2. The summed E-state index contributed by atoms with van der Waals surface area (Å²) in [5.41, 5.74) is -0.283. The van der Waals surface area contributed by atoms with Crippen LogP contribution in [0.4, 0.5) is 0 Å². The fourth-order valence-electron chi connectivity index (χ4n) is 2.30. The number of carbonyl (C=O) groups excluding carboxylic acids is 1. The lowest BCUT2D eigenvalue weighted by Crippen LogP contribution is -2.18. The third kappa shape index (κ3) is 3.77. The molecule has 128 valence electrons. The second-order valence-electron chi connectivity index (χ2n) is 5.11. The minimum absolute atomic E-state index is 0.0556. The monoisotopic (exact) mass is 340 g/mol. The van der Waals surface area contributed by atoms with Crippen molar-refractivity contribution in [2.45, 2.75) is 0 Å². The van der Waals surface area contributed by atoms with Gasteiger partial charge in [-0.3, -0.25) is 4.79 Å². The van der Waals surface area contributed by atoms with Crippen molar-refractivity contribution in [2.75, 3.05) is 20.3 Å². The van der Waals surface area contributed by atoms with Crippen LogP contribution in [0, 0.1) is 0 Å². The van der Waals surface area contributed by atoms with Crippen LogP contribution in [-0.4, -0.2) is 36.5 Å². The molecule has 0 fully saturated rings. The van der Waals surface area contributed by atoms with Gasteiger partial charge >= 0.3 is 5.97 Å². The van der Waals surface area contributed by atoms with E-state index in [1.54, 1.807) is 55.6 Å². The molecule has 0 aliphatic carbocycles. The number of fused-ring (bicyclic) bond motifs is 1. The van der Waals surface area contributed by atoms with Gasteiger partial charge in [0.1, 0.15) is 24.7 Å². The third-order valence-electron chi connectivity index (χ3n) is 3.53. The Morgan fingerprint density at radius 2 is 1.68 bits per heavy atom. The highest BCUT2D eigenvalue weighted by Gasteiger charge is 2.15. The molecule has 7 nitrogen and oxygen atoms in total. The van der Waals surface area contributed by atoms with Crippen LogP contribution in [0.1, 0.15) is 10.5 Å². The number of carbonyl (C=O) groups is 1. The summed E-state index contributed by atoms with van der Waals surface area (Å²) in [6, 6.07) is 13.8. The van der Waals surface area contributed by atoms with Crippen LogP contribution in [0.5, 0.6) is 11.5 Å². The van der Waals surface area contributed by atoms with E-state index in [4.69, 9.17) is 14.2 Å². The number of esters is 1. The van der Waals surface area contributed by atoms with Gasteiger partial charge in [0.15, 0.2) is 5.69 Å². The molecule has 1 heterocycles. The summed E-state index contributed by atoms with van der Waals surface area (Å²) in [6.45, 7) is 0.249. The molecule has 2 aromatic carbocycles. The SMILES string of the molecule is COc1ccc(OCCOC(=O)c2n[nH]c(=O)c3ccccc23)cc1. The molecular formula is C18H16N2O5.